The first-order valence-electron chi connectivity index (χ1n) is 8.63. The molecule has 0 aliphatic heterocycles. The van der Waals surface area contributed by atoms with Crippen molar-refractivity contribution in [1.29, 1.82) is 0 Å². The van der Waals surface area contributed by atoms with E-state index in [1.165, 1.54) is 13.2 Å². The second-order valence-corrected chi connectivity index (χ2v) is 5.86. The number of rotatable bonds is 7. The van der Waals surface area contributed by atoms with Gasteiger partial charge in [0.2, 0.25) is 5.91 Å². The van der Waals surface area contributed by atoms with E-state index in [1.54, 1.807) is 18.2 Å². The van der Waals surface area contributed by atoms with E-state index in [0.717, 1.165) is 5.56 Å². The minimum Gasteiger partial charge on any atom is -0.496 e. The largest absolute Gasteiger partial charge is 0.496 e. The van der Waals surface area contributed by atoms with Gasteiger partial charge < -0.3 is 13.9 Å². The number of amides is 2. The smallest absolute Gasteiger partial charge is 0.305 e. The van der Waals surface area contributed by atoms with Crippen molar-refractivity contribution in [2.24, 2.45) is 0 Å². The lowest BCUT2D eigenvalue weighted by Crippen LogP contribution is -2.42. The van der Waals surface area contributed by atoms with E-state index in [-0.39, 0.29) is 24.7 Å². The van der Waals surface area contributed by atoms with Gasteiger partial charge in [-0.1, -0.05) is 36.4 Å². The molecule has 0 bridgehead atoms. The van der Waals surface area contributed by atoms with Crippen molar-refractivity contribution in [3.63, 3.8) is 0 Å². The van der Waals surface area contributed by atoms with Crippen LogP contribution in [0.3, 0.4) is 0 Å². The van der Waals surface area contributed by atoms with Crippen LogP contribution < -0.4 is 20.3 Å². The van der Waals surface area contributed by atoms with Crippen molar-refractivity contribution in [1.82, 2.24) is 10.9 Å². The summed E-state index contributed by atoms with van der Waals surface area (Å²) in [6.45, 7) is 0.192. The third-order valence-electron chi connectivity index (χ3n) is 3.87. The zero-order chi connectivity index (χ0) is 19.8. The maximum atomic E-state index is 12.1. The molecule has 0 aliphatic rings. The van der Waals surface area contributed by atoms with Gasteiger partial charge >= 0.3 is 5.91 Å². The highest BCUT2D eigenvalue weighted by atomic mass is 16.5. The SMILES string of the molecule is COc1ccccc1CC(=O)NNC(=O)c1ccc(COc2ccccc2)o1. The molecule has 7 nitrogen and oxygen atoms in total. The van der Waals surface area contributed by atoms with E-state index in [0.29, 0.717) is 17.3 Å². The maximum Gasteiger partial charge on any atom is 0.305 e. The molecule has 0 fully saturated rings. The monoisotopic (exact) mass is 380 g/mol. The highest BCUT2D eigenvalue weighted by Crippen LogP contribution is 2.17. The molecule has 0 aliphatic carbocycles. The number of benzene rings is 2. The predicted molar refractivity (Wildman–Crippen MR) is 102 cm³/mol. The van der Waals surface area contributed by atoms with Crippen molar-refractivity contribution in [2.75, 3.05) is 7.11 Å². The van der Waals surface area contributed by atoms with E-state index in [2.05, 4.69) is 10.9 Å². The topological polar surface area (TPSA) is 89.8 Å². The van der Waals surface area contributed by atoms with Crippen LogP contribution in [0.5, 0.6) is 11.5 Å². The van der Waals surface area contributed by atoms with Crippen LogP contribution in [0, 0.1) is 0 Å². The lowest BCUT2D eigenvalue weighted by Gasteiger charge is -2.09. The number of para-hydroxylation sites is 2. The summed E-state index contributed by atoms with van der Waals surface area (Å²) in [5.74, 6) is 0.946. The van der Waals surface area contributed by atoms with Crippen molar-refractivity contribution < 1.29 is 23.5 Å². The minimum absolute atomic E-state index is 0.0681. The van der Waals surface area contributed by atoms with Crippen LogP contribution in [0.15, 0.2) is 71.1 Å². The van der Waals surface area contributed by atoms with Crippen LogP contribution in [-0.4, -0.2) is 18.9 Å². The van der Waals surface area contributed by atoms with Crippen LogP contribution in [0.2, 0.25) is 0 Å². The molecule has 0 saturated carbocycles. The summed E-state index contributed by atoms with van der Waals surface area (Å²) in [4.78, 5) is 24.2. The van der Waals surface area contributed by atoms with Gasteiger partial charge in [0.15, 0.2) is 5.76 Å². The summed E-state index contributed by atoms with van der Waals surface area (Å²) in [6, 6.07) is 19.6. The van der Waals surface area contributed by atoms with Gasteiger partial charge in [-0.3, -0.25) is 20.4 Å². The predicted octanol–water partition coefficient (Wildman–Crippen LogP) is 2.87. The molecule has 28 heavy (non-hydrogen) atoms. The molecule has 2 N–H and O–H groups in total. The molecule has 1 heterocycles. The average molecular weight is 380 g/mol. The molecule has 3 rings (SSSR count). The molecule has 2 amide bonds. The Morgan fingerprint density at radius 1 is 0.929 bits per heavy atom. The Labute approximate surface area is 162 Å². The van der Waals surface area contributed by atoms with Gasteiger partial charge in [-0.25, -0.2) is 0 Å². The van der Waals surface area contributed by atoms with Crippen LogP contribution in [-0.2, 0) is 17.8 Å². The zero-order valence-corrected chi connectivity index (χ0v) is 15.3. The van der Waals surface area contributed by atoms with Gasteiger partial charge in [-0.05, 0) is 30.3 Å². The zero-order valence-electron chi connectivity index (χ0n) is 15.3. The quantitative estimate of drug-likeness (QED) is 0.615. The molecule has 0 unspecified atom stereocenters. The number of carbonyl (C=O) groups is 2. The normalized spacial score (nSPS) is 10.2. The number of nitrogens with one attached hydrogen (secondary N) is 2. The summed E-state index contributed by atoms with van der Waals surface area (Å²) in [5, 5.41) is 0. The Hall–Kier alpha value is -3.74. The molecular formula is C21H20N2O5. The maximum absolute atomic E-state index is 12.1. The first-order chi connectivity index (χ1) is 13.7. The summed E-state index contributed by atoms with van der Waals surface area (Å²) < 4.78 is 16.2. The molecular weight excluding hydrogens is 360 g/mol. The number of ether oxygens (including phenoxy) is 2. The Morgan fingerprint density at radius 2 is 1.68 bits per heavy atom. The standard InChI is InChI=1S/C21H20N2O5/c1-26-18-10-6-5-7-15(18)13-20(24)22-23-21(25)19-12-11-17(28-19)14-27-16-8-3-2-4-9-16/h2-12H,13-14H2,1H3,(H,22,24)(H,23,25). The highest BCUT2D eigenvalue weighted by molar-refractivity contribution is 5.93. The lowest BCUT2D eigenvalue weighted by atomic mass is 10.1. The number of hydrogen-bond acceptors (Lipinski definition) is 5. The molecule has 3 aromatic rings. The third kappa shape index (κ3) is 5.14. The summed E-state index contributed by atoms with van der Waals surface area (Å²) in [6.07, 6.45) is 0.0681. The van der Waals surface area contributed by atoms with Gasteiger partial charge in [0.25, 0.3) is 0 Å². The lowest BCUT2D eigenvalue weighted by molar-refractivity contribution is -0.121. The second kappa shape index (κ2) is 9.27. The summed E-state index contributed by atoms with van der Waals surface area (Å²) in [7, 11) is 1.54. The Balaban J connectivity index is 1.48. The fourth-order valence-corrected chi connectivity index (χ4v) is 2.50. The number of furan rings is 1. The highest BCUT2D eigenvalue weighted by Gasteiger charge is 2.14. The van der Waals surface area contributed by atoms with E-state index in [1.807, 2.05) is 42.5 Å². The molecule has 0 atom stereocenters. The third-order valence-corrected chi connectivity index (χ3v) is 3.87. The number of hydrazine groups is 1. The molecule has 1 aromatic heterocycles. The van der Waals surface area contributed by atoms with E-state index in [4.69, 9.17) is 13.9 Å². The molecule has 144 valence electrons. The van der Waals surface area contributed by atoms with Crippen molar-refractivity contribution in [3.05, 3.63) is 83.8 Å². The fourth-order valence-electron chi connectivity index (χ4n) is 2.50. The van der Waals surface area contributed by atoms with Gasteiger partial charge in [0.05, 0.1) is 13.5 Å². The van der Waals surface area contributed by atoms with Crippen molar-refractivity contribution in [3.8, 4) is 11.5 Å². The van der Waals surface area contributed by atoms with Gasteiger partial charge in [-0.15, -0.1) is 0 Å². The van der Waals surface area contributed by atoms with E-state index in [9.17, 15) is 9.59 Å². The van der Waals surface area contributed by atoms with Crippen LogP contribution in [0.25, 0.3) is 0 Å². The Morgan fingerprint density at radius 3 is 2.46 bits per heavy atom. The first kappa shape index (κ1) is 19.0. The molecule has 7 heteroatoms. The molecule has 0 radical (unpaired) electrons. The summed E-state index contributed by atoms with van der Waals surface area (Å²) >= 11 is 0. The number of methoxy groups -OCH3 is 1. The van der Waals surface area contributed by atoms with Crippen LogP contribution in [0.1, 0.15) is 21.9 Å². The minimum atomic E-state index is -0.556. The fraction of sp³-hybridized carbons (Fsp3) is 0.143. The molecule has 0 spiro atoms. The average Bonchev–Trinajstić information content (AvgIpc) is 3.21. The van der Waals surface area contributed by atoms with E-state index >= 15 is 0 Å². The first-order valence-corrected chi connectivity index (χ1v) is 8.63. The Bertz CT molecular complexity index is 937. The van der Waals surface area contributed by atoms with Crippen molar-refractivity contribution >= 4 is 11.8 Å². The van der Waals surface area contributed by atoms with E-state index < -0.39 is 5.91 Å². The Kier molecular flexibility index (Phi) is 6.30. The van der Waals surface area contributed by atoms with Gasteiger partial charge in [0.1, 0.15) is 23.9 Å². The second-order valence-electron chi connectivity index (χ2n) is 5.86. The van der Waals surface area contributed by atoms with Gasteiger partial charge in [-0.2, -0.15) is 0 Å². The van der Waals surface area contributed by atoms with Crippen LogP contribution in [0.4, 0.5) is 0 Å². The molecule has 2 aromatic carbocycles. The molecule has 0 saturated heterocycles. The number of carbonyl (C=O) groups excluding carboxylic acids is 2. The van der Waals surface area contributed by atoms with Gasteiger partial charge in [0, 0.05) is 5.56 Å². The number of hydrogen-bond donors (Lipinski definition) is 2. The van der Waals surface area contributed by atoms with Crippen molar-refractivity contribution in [2.45, 2.75) is 13.0 Å². The van der Waals surface area contributed by atoms with Crippen LogP contribution >= 0.6 is 0 Å². The summed E-state index contributed by atoms with van der Waals surface area (Å²) in [5.41, 5.74) is 5.41.